The molecule has 4 rings (SSSR count). The van der Waals surface area contributed by atoms with Crippen LogP contribution < -0.4 is 16.6 Å². The maximum absolute atomic E-state index is 5.50. The van der Waals surface area contributed by atoms with Crippen molar-refractivity contribution in [2.45, 2.75) is 38.3 Å². The molecule has 0 saturated carbocycles. The van der Waals surface area contributed by atoms with Gasteiger partial charge in [0.25, 0.3) is 0 Å². The molecule has 2 fully saturated rings. The third-order valence-electron chi connectivity index (χ3n) is 4.57. The van der Waals surface area contributed by atoms with E-state index in [0.29, 0.717) is 18.0 Å². The van der Waals surface area contributed by atoms with Crippen LogP contribution in [0.1, 0.15) is 24.1 Å². The summed E-state index contributed by atoms with van der Waals surface area (Å²) >= 11 is 1.68. The highest BCUT2D eigenvalue weighted by atomic mass is 32.1. The van der Waals surface area contributed by atoms with Gasteiger partial charge in [-0.25, -0.2) is 10.8 Å². The molecule has 21 heavy (non-hydrogen) atoms. The van der Waals surface area contributed by atoms with Gasteiger partial charge in [-0.1, -0.05) is 0 Å². The second-order valence-corrected chi connectivity index (χ2v) is 7.14. The van der Waals surface area contributed by atoms with Gasteiger partial charge in [-0.15, -0.1) is 11.3 Å². The Bertz CT molecular complexity index is 669. The van der Waals surface area contributed by atoms with E-state index in [1.165, 1.54) is 37.2 Å². The fourth-order valence-corrected chi connectivity index (χ4v) is 4.52. The number of hydrogen-bond acceptors (Lipinski definition) is 7. The van der Waals surface area contributed by atoms with Gasteiger partial charge in [0.1, 0.15) is 10.6 Å². The summed E-state index contributed by atoms with van der Waals surface area (Å²) in [6.07, 6.45) is 3.79. The Morgan fingerprint density at radius 1 is 1.33 bits per heavy atom. The number of aryl methyl sites for hydroxylation is 1. The first-order chi connectivity index (χ1) is 10.2. The lowest BCUT2D eigenvalue weighted by Crippen LogP contribution is -2.34. The number of nitrogens with one attached hydrogen (secondary N) is 2. The molecule has 0 spiro atoms. The lowest BCUT2D eigenvalue weighted by atomic mass is 10.1. The normalized spacial score (nSPS) is 25.4. The molecule has 2 aromatic heterocycles. The molecule has 0 radical (unpaired) electrons. The van der Waals surface area contributed by atoms with Crippen LogP contribution in [0.2, 0.25) is 0 Å². The van der Waals surface area contributed by atoms with Crippen LogP contribution in [0.15, 0.2) is 6.07 Å². The zero-order valence-corrected chi connectivity index (χ0v) is 12.9. The number of fused-ring (bicyclic) bond motifs is 2. The fourth-order valence-electron chi connectivity index (χ4n) is 3.64. The summed E-state index contributed by atoms with van der Waals surface area (Å²) in [7, 11) is 0. The van der Waals surface area contributed by atoms with Crippen LogP contribution in [-0.2, 0) is 0 Å². The van der Waals surface area contributed by atoms with E-state index in [2.05, 4.69) is 38.6 Å². The number of rotatable bonds is 3. The van der Waals surface area contributed by atoms with Crippen LogP contribution in [0.25, 0.3) is 10.2 Å². The molecule has 2 aromatic rings. The van der Waals surface area contributed by atoms with E-state index in [1.54, 1.807) is 11.3 Å². The number of nitrogen functional groups attached to an aromatic ring is 1. The highest BCUT2D eigenvalue weighted by molar-refractivity contribution is 7.18. The maximum Gasteiger partial charge on any atom is 0.240 e. The molecular weight excluding hydrogens is 284 g/mol. The first-order valence-electron chi connectivity index (χ1n) is 7.50. The molecule has 7 heteroatoms. The predicted molar refractivity (Wildman–Crippen MR) is 86.6 cm³/mol. The Labute approximate surface area is 127 Å². The van der Waals surface area contributed by atoms with Crippen molar-refractivity contribution in [1.29, 1.82) is 0 Å². The highest BCUT2D eigenvalue weighted by Gasteiger charge is 2.37. The van der Waals surface area contributed by atoms with Gasteiger partial charge in [0.05, 0.1) is 5.39 Å². The lowest BCUT2D eigenvalue weighted by Gasteiger charge is -2.22. The van der Waals surface area contributed by atoms with Gasteiger partial charge in [-0.05, 0) is 38.8 Å². The second kappa shape index (κ2) is 5.08. The standard InChI is InChI=1S/C14H20N6S/c1-8-7-9-12(17-14(19-15)18-13(9)21-8)16-10-4-6-20-5-2-3-11(10)20/h7,10-11H,2-6,15H2,1H3,(H2,16,17,18,19). The van der Waals surface area contributed by atoms with Crippen LogP contribution in [0.4, 0.5) is 11.8 Å². The largest absolute Gasteiger partial charge is 0.365 e. The molecule has 0 bridgehead atoms. The molecule has 2 saturated heterocycles. The average Bonchev–Trinajstić information content (AvgIpc) is 3.14. The first kappa shape index (κ1) is 13.2. The third kappa shape index (κ3) is 2.25. The van der Waals surface area contributed by atoms with Crippen LogP contribution in [0.3, 0.4) is 0 Å². The molecule has 2 unspecified atom stereocenters. The third-order valence-corrected chi connectivity index (χ3v) is 5.52. The van der Waals surface area contributed by atoms with Gasteiger partial charge >= 0.3 is 0 Å². The number of thiophene rings is 1. The van der Waals surface area contributed by atoms with Crippen molar-refractivity contribution in [3.8, 4) is 0 Å². The van der Waals surface area contributed by atoms with E-state index in [4.69, 9.17) is 5.84 Å². The van der Waals surface area contributed by atoms with Gasteiger partial charge in [-0.3, -0.25) is 10.3 Å². The minimum atomic E-state index is 0.480. The Morgan fingerprint density at radius 2 is 2.24 bits per heavy atom. The molecule has 4 N–H and O–H groups in total. The molecular formula is C14H20N6S. The van der Waals surface area contributed by atoms with Crippen molar-refractivity contribution < 1.29 is 0 Å². The van der Waals surface area contributed by atoms with Crippen LogP contribution in [0.5, 0.6) is 0 Å². The Kier molecular flexibility index (Phi) is 3.20. The summed E-state index contributed by atoms with van der Waals surface area (Å²) in [5.41, 5.74) is 2.57. The Balaban J connectivity index is 1.68. The molecule has 4 heterocycles. The smallest absolute Gasteiger partial charge is 0.240 e. The minimum Gasteiger partial charge on any atom is -0.365 e. The number of aromatic nitrogens is 2. The van der Waals surface area contributed by atoms with Crippen molar-refractivity contribution in [3.05, 3.63) is 10.9 Å². The number of anilines is 2. The summed E-state index contributed by atoms with van der Waals surface area (Å²) in [6, 6.07) is 3.30. The van der Waals surface area contributed by atoms with Crippen molar-refractivity contribution in [2.24, 2.45) is 5.84 Å². The summed E-state index contributed by atoms with van der Waals surface area (Å²) in [4.78, 5) is 13.8. The molecule has 2 aliphatic heterocycles. The first-order valence-corrected chi connectivity index (χ1v) is 8.31. The topological polar surface area (TPSA) is 79.1 Å². The van der Waals surface area contributed by atoms with Crippen molar-refractivity contribution in [1.82, 2.24) is 14.9 Å². The summed E-state index contributed by atoms with van der Waals surface area (Å²) < 4.78 is 0. The van der Waals surface area contributed by atoms with Crippen LogP contribution in [0, 0.1) is 6.92 Å². The van der Waals surface area contributed by atoms with E-state index < -0.39 is 0 Å². The summed E-state index contributed by atoms with van der Waals surface area (Å²) in [5.74, 6) is 6.90. The van der Waals surface area contributed by atoms with Gasteiger partial charge < -0.3 is 5.32 Å². The molecule has 0 aliphatic carbocycles. The Morgan fingerprint density at radius 3 is 3.10 bits per heavy atom. The average molecular weight is 304 g/mol. The predicted octanol–water partition coefficient (Wildman–Crippen LogP) is 1.93. The van der Waals surface area contributed by atoms with Crippen molar-refractivity contribution in [2.75, 3.05) is 23.8 Å². The monoisotopic (exact) mass is 304 g/mol. The van der Waals surface area contributed by atoms with Gasteiger partial charge in [0, 0.05) is 23.5 Å². The highest BCUT2D eigenvalue weighted by Crippen LogP contribution is 2.33. The van der Waals surface area contributed by atoms with E-state index in [1.807, 2.05) is 0 Å². The van der Waals surface area contributed by atoms with E-state index in [0.717, 1.165) is 16.0 Å². The molecule has 0 amide bonds. The Hall–Kier alpha value is -1.44. The van der Waals surface area contributed by atoms with E-state index in [9.17, 15) is 0 Å². The minimum absolute atomic E-state index is 0.480. The van der Waals surface area contributed by atoms with E-state index in [-0.39, 0.29) is 0 Å². The number of hydrogen-bond donors (Lipinski definition) is 3. The summed E-state index contributed by atoms with van der Waals surface area (Å²) in [5, 5.41) is 4.77. The maximum atomic E-state index is 5.50. The number of hydrazine groups is 1. The number of nitrogens with zero attached hydrogens (tertiary/aromatic N) is 3. The molecule has 112 valence electrons. The fraction of sp³-hybridized carbons (Fsp3) is 0.571. The van der Waals surface area contributed by atoms with Crippen LogP contribution in [-0.4, -0.2) is 40.0 Å². The quantitative estimate of drug-likeness (QED) is 0.594. The van der Waals surface area contributed by atoms with Crippen molar-refractivity contribution >= 4 is 33.3 Å². The molecule has 2 atom stereocenters. The molecule has 0 aromatic carbocycles. The van der Waals surface area contributed by atoms with Crippen molar-refractivity contribution in [3.63, 3.8) is 0 Å². The second-order valence-electron chi connectivity index (χ2n) is 5.90. The van der Waals surface area contributed by atoms with Gasteiger partial charge in [0.15, 0.2) is 0 Å². The van der Waals surface area contributed by atoms with Gasteiger partial charge in [-0.2, -0.15) is 4.98 Å². The zero-order chi connectivity index (χ0) is 14.4. The molecule has 2 aliphatic rings. The lowest BCUT2D eigenvalue weighted by molar-refractivity contribution is 0.318. The number of nitrogens with two attached hydrogens (primary N) is 1. The summed E-state index contributed by atoms with van der Waals surface area (Å²) in [6.45, 7) is 4.54. The SMILES string of the molecule is Cc1cc2c(NC3CCN4CCCC34)nc(NN)nc2s1. The van der Waals surface area contributed by atoms with Crippen LogP contribution >= 0.6 is 11.3 Å². The molecule has 6 nitrogen and oxygen atoms in total. The zero-order valence-electron chi connectivity index (χ0n) is 12.1. The van der Waals surface area contributed by atoms with Gasteiger partial charge in [0.2, 0.25) is 5.95 Å². The van der Waals surface area contributed by atoms with E-state index >= 15 is 0 Å².